The predicted octanol–water partition coefficient (Wildman–Crippen LogP) is 2.16. The smallest absolute Gasteiger partial charge is 0.322 e. The van der Waals surface area contributed by atoms with Gasteiger partial charge in [0.2, 0.25) is 5.91 Å². The highest BCUT2D eigenvalue weighted by atomic mass is 32.1. The molecule has 10 heteroatoms. The molecule has 3 aromatic heterocycles. The van der Waals surface area contributed by atoms with Gasteiger partial charge in [-0.15, -0.1) is 16.4 Å². The minimum Gasteiger partial charge on any atom is -0.402 e. The number of aromatic nitrogens is 5. The molecule has 0 bridgehead atoms. The molecule has 3 heterocycles. The molecule has 4 aromatic rings. The number of nitrogens with zero attached hydrogens (tertiary/aromatic N) is 5. The zero-order valence-electron chi connectivity index (χ0n) is 14.5. The zero-order chi connectivity index (χ0) is 19.0. The van der Waals surface area contributed by atoms with E-state index in [1.54, 1.807) is 24.3 Å². The van der Waals surface area contributed by atoms with Crippen molar-refractivity contribution in [3.63, 3.8) is 0 Å². The average Bonchev–Trinajstić information content (AvgIpc) is 3.23. The summed E-state index contributed by atoms with van der Waals surface area (Å²) in [5, 5.41) is 11.6. The summed E-state index contributed by atoms with van der Waals surface area (Å²) >= 11 is 1.43. The largest absolute Gasteiger partial charge is 0.402 e. The van der Waals surface area contributed by atoms with E-state index in [0.717, 1.165) is 15.6 Å². The van der Waals surface area contributed by atoms with Gasteiger partial charge in [0.25, 0.3) is 11.4 Å². The molecule has 0 aliphatic carbocycles. The summed E-state index contributed by atoms with van der Waals surface area (Å²) in [6, 6.07) is 6.92. The number of hydrogen-bond donors (Lipinski definition) is 1. The lowest BCUT2D eigenvalue weighted by atomic mass is 10.2. The van der Waals surface area contributed by atoms with Crippen LogP contribution >= 0.6 is 11.3 Å². The Morgan fingerprint density at radius 3 is 2.85 bits per heavy atom. The minimum atomic E-state index is -0.471. The van der Waals surface area contributed by atoms with Crippen LogP contribution in [0.5, 0.6) is 0 Å². The molecule has 27 heavy (non-hydrogen) atoms. The maximum absolute atomic E-state index is 12.4. The molecule has 1 N–H and O–H groups in total. The van der Waals surface area contributed by atoms with Crippen LogP contribution in [0.15, 0.2) is 39.8 Å². The first kappa shape index (κ1) is 17.0. The number of amides is 1. The van der Waals surface area contributed by atoms with E-state index in [0.29, 0.717) is 10.9 Å². The number of aryl methyl sites for hydroxylation is 2. The van der Waals surface area contributed by atoms with Crippen molar-refractivity contribution >= 4 is 34.2 Å². The second kappa shape index (κ2) is 6.72. The number of para-hydroxylation sites is 1. The van der Waals surface area contributed by atoms with Crippen molar-refractivity contribution in [1.82, 2.24) is 24.7 Å². The van der Waals surface area contributed by atoms with E-state index < -0.39 is 5.91 Å². The van der Waals surface area contributed by atoms with Gasteiger partial charge < -0.3 is 4.42 Å². The van der Waals surface area contributed by atoms with Crippen LogP contribution in [0, 0.1) is 13.8 Å². The van der Waals surface area contributed by atoms with Gasteiger partial charge in [-0.3, -0.25) is 19.5 Å². The van der Waals surface area contributed by atoms with Crippen molar-refractivity contribution in [2.45, 2.75) is 20.4 Å². The van der Waals surface area contributed by atoms with Crippen LogP contribution in [0.3, 0.4) is 0 Å². The molecule has 136 valence electrons. The first-order valence-electron chi connectivity index (χ1n) is 8.03. The topological polar surface area (TPSA) is 116 Å². The second-order valence-electron chi connectivity index (χ2n) is 5.80. The Bertz CT molecular complexity index is 1210. The standard InChI is InChI=1S/C17H14N6O3S/c1-9-14(27-10(2)19-9)15-21-22-17(26-15)20-13(24)7-23-8-18-12-6-4-3-5-11(12)16(23)25/h3-6,8H,7H2,1-2H3,(H,20,22,24). The van der Waals surface area contributed by atoms with Gasteiger partial charge in [-0.05, 0) is 26.0 Å². The highest BCUT2D eigenvalue weighted by molar-refractivity contribution is 7.15. The van der Waals surface area contributed by atoms with Crippen LogP contribution in [-0.2, 0) is 11.3 Å². The van der Waals surface area contributed by atoms with Crippen LogP contribution in [0.4, 0.5) is 6.01 Å². The van der Waals surface area contributed by atoms with E-state index in [2.05, 4.69) is 25.5 Å². The van der Waals surface area contributed by atoms with Gasteiger partial charge in [-0.25, -0.2) is 9.97 Å². The molecule has 0 aliphatic rings. The molecule has 0 aliphatic heterocycles. The Kier molecular flexibility index (Phi) is 4.24. The quantitative estimate of drug-likeness (QED) is 0.575. The van der Waals surface area contributed by atoms with Crippen molar-refractivity contribution in [3.05, 3.63) is 51.6 Å². The third-order valence-electron chi connectivity index (χ3n) is 3.81. The fourth-order valence-corrected chi connectivity index (χ4v) is 3.47. The van der Waals surface area contributed by atoms with Crippen molar-refractivity contribution in [3.8, 4) is 10.8 Å². The molecule has 0 unspecified atom stereocenters. The number of fused-ring (bicyclic) bond motifs is 1. The maximum Gasteiger partial charge on any atom is 0.322 e. The highest BCUT2D eigenvalue weighted by Gasteiger charge is 2.16. The third kappa shape index (κ3) is 3.34. The molecule has 0 spiro atoms. The summed E-state index contributed by atoms with van der Waals surface area (Å²) in [5.74, 6) is -0.181. The summed E-state index contributed by atoms with van der Waals surface area (Å²) in [7, 11) is 0. The molecular formula is C17H14N6O3S. The number of thiazole rings is 1. The number of benzene rings is 1. The predicted molar refractivity (Wildman–Crippen MR) is 99.5 cm³/mol. The van der Waals surface area contributed by atoms with Crippen LogP contribution in [0.2, 0.25) is 0 Å². The van der Waals surface area contributed by atoms with Crippen LogP contribution in [0.25, 0.3) is 21.7 Å². The van der Waals surface area contributed by atoms with E-state index in [1.165, 1.54) is 22.2 Å². The van der Waals surface area contributed by atoms with Gasteiger partial charge in [-0.1, -0.05) is 17.2 Å². The van der Waals surface area contributed by atoms with Gasteiger partial charge in [0.05, 0.1) is 27.9 Å². The molecule has 4 rings (SSSR count). The van der Waals surface area contributed by atoms with Gasteiger partial charge in [0, 0.05) is 0 Å². The number of carbonyl (C=O) groups excluding carboxylic acids is 1. The zero-order valence-corrected chi connectivity index (χ0v) is 15.3. The Morgan fingerprint density at radius 1 is 1.26 bits per heavy atom. The lowest BCUT2D eigenvalue weighted by Gasteiger charge is -2.05. The first-order valence-corrected chi connectivity index (χ1v) is 8.85. The van der Waals surface area contributed by atoms with Crippen LogP contribution < -0.4 is 10.9 Å². The Balaban J connectivity index is 1.51. The number of carbonyl (C=O) groups is 1. The van der Waals surface area contributed by atoms with E-state index >= 15 is 0 Å². The summed E-state index contributed by atoms with van der Waals surface area (Å²) in [5.41, 5.74) is 1.07. The fraction of sp³-hybridized carbons (Fsp3) is 0.176. The van der Waals surface area contributed by atoms with Crippen molar-refractivity contribution in [2.24, 2.45) is 0 Å². The van der Waals surface area contributed by atoms with Gasteiger partial charge in [-0.2, -0.15) is 0 Å². The molecule has 0 saturated carbocycles. The lowest BCUT2D eigenvalue weighted by Crippen LogP contribution is -2.28. The average molecular weight is 382 g/mol. The van der Waals surface area contributed by atoms with E-state index in [1.807, 2.05) is 13.8 Å². The van der Waals surface area contributed by atoms with Crippen molar-refractivity contribution in [1.29, 1.82) is 0 Å². The number of hydrogen-bond acceptors (Lipinski definition) is 8. The summed E-state index contributed by atoms with van der Waals surface area (Å²) in [6.07, 6.45) is 1.34. The molecule has 0 radical (unpaired) electrons. The van der Waals surface area contributed by atoms with Crippen LogP contribution in [-0.4, -0.2) is 30.6 Å². The molecular weight excluding hydrogens is 368 g/mol. The van der Waals surface area contributed by atoms with Gasteiger partial charge >= 0.3 is 6.01 Å². The molecule has 1 amide bonds. The summed E-state index contributed by atoms with van der Waals surface area (Å²) in [6.45, 7) is 3.52. The lowest BCUT2D eigenvalue weighted by molar-refractivity contribution is -0.116. The molecule has 0 saturated heterocycles. The number of rotatable bonds is 4. The maximum atomic E-state index is 12.4. The number of anilines is 1. The Labute approximate surface area is 156 Å². The molecule has 9 nitrogen and oxygen atoms in total. The van der Waals surface area contributed by atoms with Gasteiger partial charge in [0.15, 0.2) is 0 Å². The van der Waals surface area contributed by atoms with E-state index in [-0.39, 0.29) is 24.0 Å². The third-order valence-corrected chi connectivity index (χ3v) is 4.88. The first-order chi connectivity index (χ1) is 13.0. The minimum absolute atomic E-state index is 0.0396. The monoisotopic (exact) mass is 382 g/mol. The second-order valence-corrected chi connectivity index (χ2v) is 7.01. The van der Waals surface area contributed by atoms with Crippen molar-refractivity contribution in [2.75, 3.05) is 5.32 Å². The highest BCUT2D eigenvalue weighted by Crippen LogP contribution is 2.29. The Morgan fingerprint density at radius 2 is 2.07 bits per heavy atom. The van der Waals surface area contributed by atoms with Crippen LogP contribution in [0.1, 0.15) is 10.7 Å². The van der Waals surface area contributed by atoms with E-state index in [9.17, 15) is 9.59 Å². The summed E-state index contributed by atoms with van der Waals surface area (Å²) in [4.78, 5) is 33.9. The SMILES string of the molecule is Cc1nc(C)c(-c2nnc(NC(=O)Cn3cnc4ccccc4c3=O)o2)s1. The van der Waals surface area contributed by atoms with Crippen molar-refractivity contribution < 1.29 is 9.21 Å². The normalized spacial score (nSPS) is 11.0. The molecule has 1 aromatic carbocycles. The number of nitrogens with one attached hydrogen (secondary N) is 1. The molecule has 0 fully saturated rings. The van der Waals surface area contributed by atoms with Gasteiger partial charge in [0.1, 0.15) is 11.4 Å². The molecule has 0 atom stereocenters. The Hall–Kier alpha value is -3.40. The van der Waals surface area contributed by atoms with E-state index in [4.69, 9.17) is 4.42 Å². The fourth-order valence-electron chi connectivity index (χ4n) is 2.63. The summed E-state index contributed by atoms with van der Waals surface area (Å²) < 4.78 is 6.71.